The highest BCUT2D eigenvalue weighted by atomic mass is 16.5. The van der Waals surface area contributed by atoms with Crippen LogP contribution in [0.2, 0.25) is 0 Å². The van der Waals surface area contributed by atoms with Crippen LogP contribution < -0.4 is 0 Å². The number of pyridine rings is 1. The average molecular weight is 448 g/mol. The summed E-state index contributed by atoms with van der Waals surface area (Å²) in [6, 6.07) is 21.8. The van der Waals surface area contributed by atoms with Crippen LogP contribution in [-0.4, -0.2) is 54.2 Å². The number of methoxy groups -OCH3 is 1. The summed E-state index contributed by atoms with van der Waals surface area (Å²) in [5.74, 6) is 2.70. The lowest BCUT2D eigenvalue weighted by Gasteiger charge is -2.41. The zero-order chi connectivity index (χ0) is 22.9. The van der Waals surface area contributed by atoms with Crippen molar-refractivity contribution in [1.29, 1.82) is 0 Å². The smallest absolute Gasteiger partial charge is 0.118 e. The second-order valence-corrected chi connectivity index (χ2v) is 9.17. The van der Waals surface area contributed by atoms with Crippen LogP contribution in [0.25, 0.3) is 0 Å². The van der Waals surface area contributed by atoms with Crippen molar-refractivity contribution in [3.8, 4) is 0 Å². The van der Waals surface area contributed by atoms with Gasteiger partial charge < -0.3 is 9.15 Å². The molecule has 33 heavy (non-hydrogen) atoms. The molecule has 0 N–H and O–H groups in total. The van der Waals surface area contributed by atoms with Gasteiger partial charge in [0.15, 0.2) is 0 Å². The lowest BCUT2D eigenvalue weighted by molar-refractivity contribution is 0.0550. The van der Waals surface area contributed by atoms with E-state index in [1.807, 2.05) is 19.2 Å². The number of benzene rings is 1. The summed E-state index contributed by atoms with van der Waals surface area (Å²) in [7, 11) is 1.79. The van der Waals surface area contributed by atoms with Crippen LogP contribution in [0.1, 0.15) is 35.6 Å². The van der Waals surface area contributed by atoms with E-state index in [2.05, 4.69) is 69.4 Å². The number of rotatable bonds is 11. The van der Waals surface area contributed by atoms with E-state index in [9.17, 15) is 0 Å². The molecule has 2 aromatic heterocycles. The molecule has 1 aliphatic heterocycles. The van der Waals surface area contributed by atoms with Crippen molar-refractivity contribution < 1.29 is 9.15 Å². The first-order chi connectivity index (χ1) is 16.2. The minimum absolute atomic E-state index is 0.456. The maximum Gasteiger partial charge on any atom is 0.118 e. The first-order valence-electron chi connectivity index (χ1n) is 12.2. The number of ether oxygens (including phenoxy) is 1. The molecule has 0 amide bonds. The Labute approximate surface area is 198 Å². The maximum absolute atomic E-state index is 5.82. The normalized spacial score (nSPS) is 16.3. The van der Waals surface area contributed by atoms with Gasteiger partial charge in [-0.1, -0.05) is 36.4 Å². The monoisotopic (exact) mass is 447 g/mol. The molecular formula is C28H37N3O2. The Kier molecular flexibility index (Phi) is 8.70. The fraction of sp³-hybridized carbons (Fsp3) is 0.464. The van der Waals surface area contributed by atoms with Crippen molar-refractivity contribution in [2.75, 3.05) is 33.4 Å². The molecule has 1 atom stereocenters. The van der Waals surface area contributed by atoms with Crippen molar-refractivity contribution in [2.24, 2.45) is 5.92 Å². The van der Waals surface area contributed by atoms with Gasteiger partial charge in [-0.25, -0.2) is 0 Å². The third kappa shape index (κ3) is 7.00. The highest BCUT2D eigenvalue weighted by Crippen LogP contribution is 2.29. The zero-order valence-electron chi connectivity index (χ0n) is 20.0. The number of furan rings is 1. The third-order valence-corrected chi connectivity index (χ3v) is 6.78. The van der Waals surface area contributed by atoms with Gasteiger partial charge in [0.05, 0.1) is 18.8 Å². The largest absolute Gasteiger partial charge is 0.465 e. The highest BCUT2D eigenvalue weighted by Gasteiger charge is 2.31. The summed E-state index contributed by atoms with van der Waals surface area (Å²) in [6.45, 7) is 7.64. The van der Waals surface area contributed by atoms with Gasteiger partial charge in [0, 0.05) is 32.4 Å². The van der Waals surface area contributed by atoms with Crippen LogP contribution in [0.5, 0.6) is 0 Å². The molecule has 1 saturated heterocycles. The standard InChI is InChI=1S/C28H37N3O2/c1-23-11-12-27(33-23)22-30-16-13-25(14-17-30)28(20-24-8-4-3-5-9-24)31(18-19-32-2)21-26-10-6-7-15-29-26/h3-12,15,25,28H,13-14,16-22H2,1-2H3. The second kappa shape index (κ2) is 12.1. The van der Waals surface area contributed by atoms with E-state index in [0.717, 1.165) is 63.0 Å². The van der Waals surface area contributed by atoms with Crippen LogP contribution in [0, 0.1) is 12.8 Å². The highest BCUT2D eigenvalue weighted by molar-refractivity contribution is 5.17. The Bertz CT molecular complexity index is 936. The number of hydrogen-bond donors (Lipinski definition) is 0. The SMILES string of the molecule is COCCN(Cc1ccccn1)C(Cc1ccccc1)C1CCN(Cc2ccc(C)o2)CC1. The van der Waals surface area contributed by atoms with Crippen molar-refractivity contribution in [2.45, 2.75) is 45.3 Å². The van der Waals surface area contributed by atoms with Crippen molar-refractivity contribution in [3.63, 3.8) is 0 Å². The molecule has 1 aromatic carbocycles. The maximum atomic E-state index is 5.82. The molecule has 3 heterocycles. The molecule has 0 bridgehead atoms. The molecule has 5 nitrogen and oxygen atoms in total. The first-order valence-corrected chi connectivity index (χ1v) is 12.2. The molecule has 1 aliphatic rings. The Hall–Kier alpha value is -2.47. The Morgan fingerprint density at radius 2 is 1.85 bits per heavy atom. The summed E-state index contributed by atoms with van der Waals surface area (Å²) in [6.07, 6.45) is 5.34. The van der Waals surface area contributed by atoms with E-state index in [4.69, 9.17) is 9.15 Å². The number of aromatic nitrogens is 1. The minimum atomic E-state index is 0.456. The van der Waals surface area contributed by atoms with Gasteiger partial charge in [0.1, 0.15) is 11.5 Å². The zero-order valence-corrected chi connectivity index (χ0v) is 20.0. The molecule has 0 spiro atoms. The van der Waals surface area contributed by atoms with Crippen molar-refractivity contribution >= 4 is 0 Å². The van der Waals surface area contributed by atoms with Gasteiger partial charge in [-0.2, -0.15) is 0 Å². The number of hydrogen-bond acceptors (Lipinski definition) is 5. The molecule has 1 fully saturated rings. The predicted molar refractivity (Wildman–Crippen MR) is 132 cm³/mol. The Morgan fingerprint density at radius 1 is 1.06 bits per heavy atom. The van der Waals surface area contributed by atoms with E-state index < -0.39 is 0 Å². The fourth-order valence-corrected chi connectivity index (χ4v) is 5.01. The molecule has 1 unspecified atom stereocenters. The summed E-state index contributed by atoms with van der Waals surface area (Å²) in [5.41, 5.74) is 2.52. The number of likely N-dealkylation sites (tertiary alicyclic amines) is 1. The van der Waals surface area contributed by atoms with Crippen LogP contribution in [0.3, 0.4) is 0 Å². The van der Waals surface area contributed by atoms with Gasteiger partial charge in [0.25, 0.3) is 0 Å². The molecule has 3 aromatic rings. The van der Waals surface area contributed by atoms with E-state index in [-0.39, 0.29) is 0 Å². The molecular weight excluding hydrogens is 410 g/mol. The summed E-state index contributed by atoms with van der Waals surface area (Å²) >= 11 is 0. The topological polar surface area (TPSA) is 41.7 Å². The lowest BCUT2D eigenvalue weighted by atomic mass is 9.84. The molecule has 5 heteroatoms. The van der Waals surface area contributed by atoms with Crippen LogP contribution in [-0.2, 0) is 24.2 Å². The Morgan fingerprint density at radius 3 is 2.52 bits per heavy atom. The van der Waals surface area contributed by atoms with Gasteiger partial charge in [0.2, 0.25) is 0 Å². The summed E-state index contributed by atoms with van der Waals surface area (Å²) in [4.78, 5) is 9.76. The fourth-order valence-electron chi connectivity index (χ4n) is 5.01. The number of nitrogens with zero attached hydrogens (tertiary/aromatic N) is 3. The van der Waals surface area contributed by atoms with Crippen LogP contribution in [0.15, 0.2) is 71.3 Å². The second-order valence-electron chi connectivity index (χ2n) is 9.17. The van der Waals surface area contributed by atoms with E-state index in [1.165, 1.54) is 18.4 Å². The van der Waals surface area contributed by atoms with Gasteiger partial charge in [-0.15, -0.1) is 0 Å². The quantitative estimate of drug-likeness (QED) is 0.416. The lowest BCUT2D eigenvalue weighted by Crippen LogP contribution is -2.47. The molecule has 0 saturated carbocycles. The molecule has 176 valence electrons. The first kappa shape index (κ1) is 23.7. The summed E-state index contributed by atoms with van der Waals surface area (Å²) in [5, 5.41) is 0. The number of piperidine rings is 1. The van der Waals surface area contributed by atoms with E-state index in [0.29, 0.717) is 12.0 Å². The Balaban J connectivity index is 1.48. The third-order valence-electron chi connectivity index (χ3n) is 6.78. The van der Waals surface area contributed by atoms with Gasteiger partial charge in [-0.05, 0) is 75.0 Å². The van der Waals surface area contributed by atoms with Gasteiger partial charge in [-0.3, -0.25) is 14.8 Å². The van der Waals surface area contributed by atoms with Crippen LogP contribution >= 0.6 is 0 Å². The van der Waals surface area contributed by atoms with Crippen LogP contribution in [0.4, 0.5) is 0 Å². The average Bonchev–Trinajstić information content (AvgIpc) is 3.26. The molecule has 4 rings (SSSR count). The summed E-state index contributed by atoms with van der Waals surface area (Å²) < 4.78 is 11.3. The molecule has 0 aliphatic carbocycles. The predicted octanol–water partition coefficient (Wildman–Crippen LogP) is 4.95. The molecule has 0 radical (unpaired) electrons. The minimum Gasteiger partial charge on any atom is -0.465 e. The number of aryl methyl sites for hydroxylation is 1. The van der Waals surface area contributed by atoms with Gasteiger partial charge >= 0.3 is 0 Å². The van der Waals surface area contributed by atoms with E-state index in [1.54, 1.807) is 7.11 Å². The van der Waals surface area contributed by atoms with Crippen molar-refractivity contribution in [1.82, 2.24) is 14.8 Å². The van der Waals surface area contributed by atoms with Crippen molar-refractivity contribution in [3.05, 3.63) is 89.6 Å². The van der Waals surface area contributed by atoms with E-state index >= 15 is 0 Å².